The van der Waals surface area contributed by atoms with E-state index in [0.29, 0.717) is 17.4 Å². The fraction of sp³-hybridized carbons (Fsp3) is 0.333. The quantitative estimate of drug-likeness (QED) is 0.239. The van der Waals surface area contributed by atoms with Gasteiger partial charge in [-0.3, -0.25) is 14.5 Å². The van der Waals surface area contributed by atoms with E-state index in [1.165, 1.54) is 36.3 Å². The number of rotatable bonds is 6. The third-order valence-electron chi connectivity index (χ3n) is 5.63. The Bertz CT molecular complexity index is 1050. The second-order valence-electron chi connectivity index (χ2n) is 8.03. The molecule has 8 heteroatoms. The minimum absolute atomic E-state index is 0.175. The molecule has 0 spiro atoms. The lowest BCUT2D eigenvalue weighted by molar-refractivity contribution is -0.123. The number of amides is 2. The van der Waals surface area contributed by atoms with Crippen molar-refractivity contribution in [1.82, 2.24) is 4.90 Å². The molecule has 168 valence electrons. The van der Waals surface area contributed by atoms with Crippen LogP contribution < -0.4 is 4.74 Å². The maximum absolute atomic E-state index is 13.4. The highest BCUT2D eigenvalue weighted by Crippen LogP contribution is 2.36. The van der Waals surface area contributed by atoms with E-state index in [1.807, 2.05) is 18.2 Å². The van der Waals surface area contributed by atoms with Crippen molar-refractivity contribution in [2.24, 2.45) is 5.92 Å². The predicted octanol–water partition coefficient (Wildman–Crippen LogP) is 7.23. The van der Waals surface area contributed by atoms with Gasteiger partial charge in [0, 0.05) is 6.54 Å². The minimum Gasteiger partial charge on any atom is -0.487 e. The maximum atomic E-state index is 13.4. The molecule has 0 aromatic heterocycles. The van der Waals surface area contributed by atoms with Gasteiger partial charge in [0.2, 0.25) is 0 Å². The van der Waals surface area contributed by atoms with Crippen molar-refractivity contribution in [2.75, 3.05) is 6.54 Å². The van der Waals surface area contributed by atoms with Gasteiger partial charge in [0.15, 0.2) is 0 Å². The summed E-state index contributed by atoms with van der Waals surface area (Å²) in [6.45, 7) is 0.799. The number of carbonyl (C=O) groups is 2. The first kappa shape index (κ1) is 24.0. The van der Waals surface area contributed by atoms with Crippen LogP contribution in [-0.2, 0) is 11.4 Å². The molecule has 1 heterocycles. The molecule has 2 aromatic carbocycles. The van der Waals surface area contributed by atoms with E-state index >= 15 is 0 Å². The van der Waals surface area contributed by atoms with Crippen LogP contribution in [0.25, 0.3) is 6.08 Å². The highest BCUT2D eigenvalue weighted by atomic mass is 127. The van der Waals surface area contributed by atoms with Gasteiger partial charge in [-0.25, -0.2) is 4.39 Å². The summed E-state index contributed by atoms with van der Waals surface area (Å²) < 4.78 is 21.1. The summed E-state index contributed by atoms with van der Waals surface area (Å²) in [6.07, 6.45) is 7.58. The zero-order valence-electron chi connectivity index (χ0n) is 17.3. The molecule has 2 amide bonds. The van der Waals surface area contributed by atoms with Crippen molar-refractivity contribution >= 4 is 74.2 Å². The van der Waals surface area contributed by atoms with Crippen LogP contribution in [0.3, 0.4) is 0 Å². The number of imide groups is 1. The van der Waals surface area contributed by atoms with Crippen LogP contribution in [-0.4, -0.2) is 22.6 Å². The zero-order chi connectivity index (χ0) is 22.7. The fourth-order valence-electron chi connectivity index (χ4n) is 4.02. The Labute approximate surface area is 218 Å². The fourth-order valence-corrected chi connectivity index (χ4v) is 7.00. The van der Waals surface area contributed by atoms with Crippen molar-refractivity contribution in [3.63, 3.8) is 0 Å². The van der Waals surface area contributed by atoms with E-state index in [4.69, 9.17) is 4.74 Å². The standard InChI is InChI=1S/C24H22FI2NO3S/c25-18-8-4-7-16(9-18)14-31-22-19(26)10-17(11-20(22)27)12-21-23(29)28(24(30)32-21)13-15-5-2-1-3-6-15/h4,7-12,15H,1-3,5-6,13-14H2/b21-12+. The largest absolute Gasteiger partial charge is 0.487 e. The van der Waals surface area contributed by atoms with Crippen molar-refractivity contribution in [1.29, 1.82) is 0 Å². The average Bonchev–Trinajstić information content (AvgIpc) is 3.01. The molecule has 2 aliphatic rings. The number of hydrogen-bond acceptors (Lipinski definition) is 4. The Hall–Kier alpha value is -1.14. The van der Waals surface area contributed by atoms with Crippen LogP contribution in [0.1, 0.15) is 43.2 Å². The molecule has 0 unspecified atom stereocenters. The van der Waals surface area contributed by atoms with Gasteiger partial charge in [-0.15, -0.1) is 0 Å². The summed E-state index contributed by atoms with van der Waals surface area (Å²) >= 11 is 5.41. The van der Waals surface area contributed by atoms with Crippen LogP contribution in [0, 0.1) is 18.9 Å². The first-order valence-electron chi connectivity index (χ1n) is 10.5. The summed E-state index contributed by atoms with van der Waals surface area (Å²) in [7, 11) is 0. The molecule has 0 bridgehead atoms. The van der Waals surface area contributed by atoms with E-state index < -0.39 is 0 Å². The van der Waals surface area contributed by atoms with Crippen LogP contribution in [0.4, 0.5) is 9.18 Å². The Balaban J connectivity index is 1.46. The molecule has 1 aliphatic carbocycles. The summed E-state index contributed by atoms with van der Waals surface area (Å²) in [5.41, 5.74) is 1.60. The van der Waals surface area contributed by atoms with Crippen molar-refractivity contribution < 1.29 is 18.7 Å². The first-order chi connectivity index (χ1) is 15.4. The molecule has 4 nitrogen and oxygen atoms in total. The Kier molecular flexibility index (Phi) is 8.14. The van der Waals surface area contributed by atoms with Gasteiger partial charge in [0.1, 0.15) is 18.2 Å². The average molecular weight is 677 g/mol. The van der Waals surface area contributed by atoms with Gasteiger partial charge in [0.25, 0.3) is 11.1 Å². The van der Waals surface area contributed by atoms with E-state index in [1.54, 1.807) is 12.1 Å². The van der Waals surface area contributed by atoms with E-state index in [9.17, 15) is 14.0 Å². The molecule has 1 saturated carbocycles. The molecule has 1 aliphatic heterocycles. The topological polar surface area (TPSA) is 46.6 Å². The monoisotopic (exact) mass is 677 g/mol. The highest BCUT2D eigenvalue weighted by Gasteiger charge is 2.36. The first-order valence-corrected chi connectivity index (χ1v) is 13.5. The number of hydrogen-bond donors (Lipinski definition) is 0. The second kappa shape index (κ2) is 10.9. The van der Waals surface area contributed by atoms with Gasteiger partial charge in [0.05, 0.1) is 12.0 Å². The Morgan fingerprint density at radius 2 is 1.81 bits per heavy atom. The van der Waals surface area contributed by atoms with Gasteiger partial charge >= 0.3 is 0 Å². The van der Waals surface area contributed by atoms with Crippen LogP contribution in [0.2, 0.25) is 0 Å². The van der Waals surface area contributed by atoms with Gasteiger partial charge < -0.3 is 4.74 Å². The molecule has 2 fully saturated rings. The zero-order valence-corrected chi connectivity index (χ0v) is 22.4. The lowest BCUT2D eigenvalue weighted by Gasteiger charge is -2.25. The lowest BCUT2D eigenvalue weighted by atomic mass is 9.89. The minimum atomic E-state index is -0.289. The molecule has 0 radical (unpaired) electrons. The molecule has 2 aromatic rings. The molecule has 4 rings (SSSR count). The van der Waals surface area contributed by atoms with E-state index in [-0.39, 0.29) is 23.6 Å². The number of carbonyl (C=O) groups excluding carboxylic acids is 2. The Morgan fingerprint density at radius 3 is 2.50 bits per heavy atom. The maximum Gasteiger partial charge on any atom is 0.293 e. The third-order valence-corrected chi connectivity index (χ3v) is 8.14. The van der Waals surface area contributed by atoms with Crippen LogP contribution >= 0.6 is 56.9 Å². The molecule has 0 atom stereocenters. The lowest BCUT2D eigenvalue weighted by Crippen LogP contribution is -2.34. The van der Waals surface area contributed by atoms with Crippen LogP contribution in [0.15, 0.2) is 41.3 Å². The molecule has 32 heavy (non-hydrogen) atoms. The SMILES string of the molecule is O=C1S/C(=C/c2cc(I)c(OCc3cccc(F)c3)c(I)c2)C(=O)N1CC1CCCCC1. The summed E-state index contributed by atoms with van der Waals surface area (Å²) in [5.74, 6) is 0.663. The number of nitrogens with zero attached hydrogens (tertiary/aromatic N) is 1. The normalized spacial score (nSPS) is 18.6. The predicted molar refractivity (Wildman–Crippen MR) is 142 cm³/mol. The summed E-state index contributed by atoms with van der Waals surface area (Å²) in [4.78, 5) is 27.2. The van der Waals surface area contributed by atoms with Crippen molar-refractivity contribution in [3.05, 3.63) is 65.4 Å². The second-order valence-corrected chi connectivity index (χ2v) is 11.3. The molecular weight excluding hydrogens is 655 g/mol. The van der Waals surface area contributed by atoms with Crippen LogP contribution in [0.5, 0.6) is 5.75 Å². The van der Waals surface area contributed by atoms with E-state index in [0.717, 1.165) is 48.6 Å². The molecule has 0 N–H and O–H groups in total. The number of ether oxygens (including phenoxy) is 1. The molecule has 1 saturated heterocycles. The van der Waals surface area contributed by atoms with Gasteiger partial charge in [-0.1, -0.05) is 31.4 Å². The van der Waals surface area contributed by atoms with Crippen molar-refractivity contribution in [3.8, 4) is 5.75 Å². The third kappa shape index (κ3) is 5.85. The number of halogens is 3. The summed E-state index contributed by atoms with van der Waals surface area (Å²) in [6, 6.07) is 10.2. The smallest absolute Gasteiger partial charge is 0.293 e. The summed E-state index contributed by atoms with van der Waals surface area (Å²) in [5, 5.41) is -0.175. The van der Waals surface area contributed by atoms with Gasteiger partial charge in [-0.2, -0.15) is 0 Å². The Morgan fingerprint density at radius 1 is 1.09 bits per heavy atom. The highest BCUT2D eigenvalue weighted by molar-refractivity contribution is 14.1. The van der Waals surface area contributed by atoms with Crippen molar-refractivity contribution in [2.45, 2.75) is 38.7 Å². The number of thioether (sulfide) groups is 1. The van der Waals surface area contributed by atoms with E-state index in [2.05, 4.69) is 45.2 Å². The van der Waals surface area contributed by atoms with Gasteiger partial charge in [-0.05, 0) is 117 Å². The molecular formula is C24H22FI2NO3S. The number of benzene rings is 2.